The molecular formula is C13H19F3N2O4S. The van der Waals surface area contributed by atoms with Crippen LogP contribution in [0.25, 0.3) is 0 Å². The molecule has 2 saturated heterocycles. The fraction of sp³-hybridized carbons (Fsp3) is 0.923. The molecule has 1 N–H and O–H groups in total. The number of alkyl halides is 3. The Labute approximate surface area is 132 Å². The molecule has 132 valence electrons. The minimum absolute atomic E-state index is 0.0212. The number of hydrogen-bond donors (Lipinski definition) is 1. The summed E-state index contributed by atoms with van der Waals surface area (Å²) in [7, 11) is -5.28. The van der Waals surface area contributed by atoms with Crippen molar-refractivity contribution in [1.29, 1.82) is 0 Å². The van der Waals surface area contributed by atoms with Gasteiger partial charge in [-0.05, 0) is 31.6 Å². The van der Waals surface area contributed by atoms with Crippen molar-refractivity contribution in [3.05, 3.63) is 0 Å². The highest BCUT2D eigenvalue weighted by Crippen LogP contribution is 2.44. The maximum atomic E-state index is 12.5. The molecule has 3 fully saturated rings. The Balaban J connectivity index is 1.53. The van der Waals surface area contributed by atoms with Crippen molar-refractivity contribution in [2.45, 2.75) is 36.8 Å². The Morgan fingerprint density at radius 3 is 2.48 bits per heavy atom. The Bertz CT molecular complexity index is 583. The third kappa shape index (κ3) is 3.08. The summed E-state index contributed by atoms with van der Waals surface area (Å²) in [4.78, 5) is 11.6. The van der Waals surface area contributed by atoms with E-state index in [1.807, 2.05) is 0 Å². The number of ether oxygens (including phenoxy) is 1. The quantitative estimate of drug-likeness (QED) is 0.792. The maximum Gasteiger partial charge on any atom is 0.511 e. The number of halogens is 3. The van der Waals surface area contributed by atoms with Crippen LogP contribution in [0.15, 0.2) is 0 Å². The standard InChI is InChI=1S/C13H19F3N2O4S/c14-13(15,16)23(20,21)18-7-12(8-18)10(4-6-22-12)3-5-17-11(19)9-1-2-9/h9-10H,1-8H2,(H,17,19). The largest absolute Gasteiger partial charge is 0.511 e. The lowest BCUT2D eigenvalue weighted by molar-refractivity contribution is -0.123. The molecule has 2 heterocycles. The first kappa shape index (κ1) is 17.0. The molecular weight excluding hydrogens is 337 g/mol. The first-order chi connectivity index (χ1) is 10.7. The second kappa shape index (κ2) is 5.59. The van der Waals surface area contributed by atoms with Crippen LogP contribution in [0.2, 0.25) is 0 Å². The van der Waals surface area contributed by atoms with E-state index in [2.05, 4.69) is 5.32 Å². The predicted molar refractivity (Wildman–Crippen MR) is 73.7 cm³/mol. The van der Waals surface area contributed by atoms with E-state index in [4.69, 9.17) is 4.74 Å². The van der Waals surface area contributed by atoms with E-state index >= 15 is 0 Å². The Morgan fingerprint density at radius 2 is 1.91 bits per heavy atom. The van der Waals surface area contributed by atoms with Crippen LogP contribution in [0.3, 0.4) is 0 Å². The topological polar surface area (TPSA) is 75.7 Å². The fourth-order valence-corrected chi connectivity index (χ4v) is 4.34. The van der Waals surface area contributed by atoms with Crippen LogP contribution in [0.4, 0.5) is 13.2 Å². The first-order valence-corrected chi connectivity index (χ1v) is 9.08. The second-order valence-corrected chi connectivity index (χ2v) is 8.40. The molecule has 1 unspecified atom stereocenters. The molecule has 0 bridgehead atoms. The number of sulfonamides is 1. The molecule has 1 atom stereocenters. The molecule has 1 saturated carbocycles. The molecule has 0 aromatic rings. The Morgan fingerprint density at radius 1 is 1.26 bits per heavy atom. The minimum atomic E-state index is -5.28. The van der Waals surface area contributed by atoms with Gasteiger partial charge in [-0.25, -0.2) is 8.42 Å². The summed E-state index contributed by atoms with van der Waals surface area (Å²) in [6.07, 6.45) is 3.07. The van der Waals surface area contributed by atoms with E-state index in [1.54, 1.807) is 0 Å². The fourth-order valence-electron chi connectivity index (χ4n) is 3.27. The minimum Gasteiger partial charge on any atom is -0.372 e. The van der Waals surface area contributed by atoms with Gasteiger partial charge < -0.3 is 10.1 Å². The lowest BCUT2D eigenvalue weighted by Gasteiger charge is -2.49. The highest BCUT2D eigenvalue weighted by atomic mass is 32.2. The van der Waals surface area contributed by atoms with Crippen molar-refractivity contribution in [2.75, 3.05) is 26.2 Å². The van der Waals surface area contributed by atoms with Gasteiger partial charge in [-0.15, -0.1) is 0 Å². The highest BCUT2D eigenvalue weighted by molar-refractivity contribution is 7.90. The molecule has 1 aliphatic carbocycles. The van der Waals surface area contributed by atoms with Crippen LogP contribution in [0.1, 0.15) is 25.7 Å². The summed E-state index contributed by atoms with van der Waals surface area (Å²) in [5.41, 5.74) is -6.11. The molecule has 6 nitrogen and oxygen atoms in total. The van der Waals surface area contributed by atoms with Crippen LogP contribution in [-0.4, -0.2) is 56.0 Å². The summed E-state index contributed by atoms with van der Waals surface area (Å²) in [6.45, 7) is 0.310. The van der Waals surface area contributed by atoms with Crippen molar-refractivity contribution in [3.8, 4) is 0 Å². The molecule has 23 heavy (non-hydrogen) atoms. The smallest absolute Gasteiger partial charge is 0.372 e. The van der Waals surface area contributed by atoms with Gasteiger partial charge in [0.1, 0.15) is 0 Å². The molecule has 0 aromatic carbocycles. The van der Waals surface area contributed by atoms with E-state index in [1.165, 1.54) is 0 Å². The third-order valence-corrected chi connectivity index (χ3v) is 6.38. The van der Waals surface area contributed by atoms with Crippen molar-refractivity contribution in [3.63, 3.8) is 0 Å². The normalized spacial score (nSPS) is 27.9. The zero-order chi connectivity index (χ0) is 16.9. The lowest BCUT2D eigenvalue weighted by atomic mass is 9.80. The van der Waals surface area contributed by atoms with Crippen LogP contribution in [0.5, 0.6) is 0 Å². The number of rotatable bonds is 5. The Hall–Kier alpha value is -0.870. The van der Waals surface area contributed by atoms with Gasteiger partial charge >= 0.3 is 15.5 Å². The van der Waals surface area contributed by atoms with Crippen molar-refractivity contribution < 1.29 is 31.1 Å². The summed E-state index contributed by atoms with van der Waals surface area (Å²) >= 11 is 0. The zero-order valence-electron chi connectivity index (χ0n) is 12.4. The van der Waals surface area contributed by atoms with Gasteiger partial charge in [0.25, 0.3) is 0 Å². The van der Waals surface area contributed by atoms with Gasteiger partial charge in [-0.3, -0.25) is 4.79 Å². The molecule has 3 aliphatic rings. The first-order valence-electron chi connectivity index (χ1n) is 7.64. The van der Waals surface area contributed by atoms with Crippen molar-refractivity contribution >= 4 is 15.9 Å². The van der Waals surface area contributed by atoms with Crippen LogP contribution < -0.4 is 5.32 Å². The van der Waals surface area contributed by atoms with E-state index in [-0.39, 0.29) is 30.8 Å². The molecule has 3 rings (SSSR count). The van der Waals surface area contributed by atoms with Gasteiger partial charge in [-0.1, -0.05) is 0 Å². The molecule has 0 aromatic heterocycles. The number of carbonyl (C=O) groups is 1. The summed E-state index contributed by atoms with van der Waals surface area (Å²) in [5, 5.41) is 2.82. The molecule has 1 amide bonds. The van der Waals surface area contributed by atoms with Crippen LogP contribution >= 0.6 is 0 Å². The number of carbonyl (C=O) groups excluding carboxylic acids is 1. The predicted octanol–water partition coefficient (Wildman–Crippen LogP) is 0.843. The molecule has 2 aliphatic heterocycles. The van der Waals surface area contributed by atoms with Crippen molar-refractivity contribution in [2.24, 2.45) is 11.8 Å². The lowest BCUT2D eigenvalue weighted by Crippen LogP contribution is -2.67. The van der Waals surface area contributed by atoms with Crippen molar-refractivity contribution in [1.82, 2.24) is 9.62 Å². The molecule has 1 spiro atoms. The maximum absolute atomic E-state index is 12.5. The van der Waals surface area contributed by atoms with E-state index in [9.17, 15) is 26.4 Å². The van der Waals surface area contributed by atoms with E-state index in [0.717, 1.165) is 12.8 Å². The van der Waals surface area contributed by atoms with Gasteiger partial charge in [0.2, 0.25) is 5.91 Å². The number of nitrogens with one attached hydrogen (secondary N) is 1. The van der Waals surface area contributed by atoms with Crippen LogP contribution in [0, 0.1) is 11.8 Å². The SMILES string of the molecule is O=C(NCCC1CCOC12CN(S(=O)(=O)C(F)(F)F)C2)C1CC1. The second-order valence-electron chi connectivity index (χ2n) is 6.47. The average Bonchev–Trinajstić information content (AvgIpc) is 3.16. The van der Waals surface area contributed by atoms with E-state index < -0.39 is 21.1 Å². The Kier molecular flexibility index (Phi) is 4.13. The third-order valence-electron chi connectivity index (χ3n) is 4.86. The van der Waals surface area contributed by atoms with Gasteiger partial charge in [-0.2, -0.15) is 17.5 Å². The molecule has 10 heteroatoms. The average molecular weight is 356 g/mol. The number of hydrogen-bond acceptors (Lipinski definition) is 4. The monoisotopic (exact) mass is 356 g/mol. The van der Waals surface area contributed by atoms with Gasteiger partial charge in [0, 0.05) is 32.2 Å². The van der Waals surface area contributed by atoms with E-state index in [0.29, 0.717) is 30.3 Å². The highest BCUT2D eigenvalue weighted by Gasteiger charge is 2.61. The number of amides is 1. The molecule has 0 radical (unpaired) electrons. The number of nitrogens with zero attached hydrogens (tertiary/aromatic N) is 1. The summed E-state index contributed by atoms with van der Waals surface area (Å²) in [5.74, 6) is 0.0921. The summed E-state index contributed by atoms with van der Waals surface area (Å²) in [6, 6.07) is 0. The van der Waals surface area contributed by atoms with Gasteiger partial charge in [0.05, 0.1) is 5.60 Å². The van der Waals surface area contributed by atoms with Crippen LogP contribution in [-0.2, 0) is 19.6 Å². The zero-order valence-corrected chi connectivity index (χ0v) is 13.3. The summed E-state index contributed by atoms with van der Waals surface area (Å²) < 4.78 is 66.3. The van der Waals surface area contributed by atoms with Gasteiger partial charge in [0.15, 0.2) is 0 Å².